The third kappa shape index (κ3) is 3.81. The highest BCUT2D eigenvalue weighted by atomic mass is 16.5. The Morgan fingerprint density at radius 3 is 2.30 bits per heavy atom. The monoisotopic (exact) mass is 370 g/mol. The molecular formula is C20H22N2O5. The van der Waals surface area contributed by atoms with Crippen molar-refractivity contribution in [3.05, 3.63) is 47.8 Å². The molecule has 0 aliphatic heterocycles. The maximum Gasteiger partial charge on any atom is 0.303 e. The zero-order chi connectivity index (χ0) is 19.4. The van der Waals surface area contributed by atoms with Crippen LogP contribution in [0.3, 0.4) is 0 Å². The van der Waals surface area contributed by atoms with E-state index in [4.69, 9.17) is 18.9 Å². The lowest BCUT2D eigenvalue weighted by Crippen LogP contribution is -2.09. The van der Waals surface area contributed by atoms with Crippen molar-refractivity contribution in [2.75, 3.05) is 21.3 Å². The summed E-state index contributed by atoms with van der Waals surface area (Å²) in [6.07, 6.45) is 0. The summed E-state index contributed by atoms with van der Waals surface area (Å²) < 4.78 is 23.4. The van der Waals surface area contributed by atoms with Crippen molar-refractivity contribution in [2.24, 2.45) is 0 Å². The SMILES string of the molecule is COc1cc(Cn2c(COC(C)=O)nc3ccccc32)cc(OC)c1OC. The zero-order valence-corrected chi connectivity index (χ0v) is 15.8. The van der Waals surface area contributed by atoms with Crippen LogP contribution in [0.15, 0.2) is 36.4 Å². The van der Waals surface area contributed by atoms with Crippen LogP contribution in [0.25, 0.3) is 11.0 Å². The molecule has 0 unspecified atom stereocenters. The topological polar surface area (TPSA) is 71.8 Å². The van der Waals surface area contributed by atoms with Gasteiger partial charge in [0.05, 0.1) is 32.4 Å². The van der Waals surface area contributed by atoms with Gasteiger partial charge in [0.15, 0.2) is 11.5 Å². The largest absolute Gasteiger partial charge is 0.493 e. The number of nitrogens with zero attached hydrogens (tertiary/aromatic N) is 2. The number of esters is 1. The van der Waals surface area contributed by atoms with Crippen LogP contribution in [0, 0.1) is 0 Å². The number of fused-ring (bicyclic) bond motifs is 1. The summed E-state index contributed by atoms with van der Waals surface area (Å²) in [7, 11) is 4.74. The number of benzene rings is 2. The van der Waals surface area contributed by atoms with E-state index in [2.05, 4.69) is 4.98 Å². The van der Waals surface area contributed by atoms with Crippen LogP contribution in [0.2, 0.25) is 0 Å². The Bertz CT molecular complexity index is 939. The molecule has 3 rings (SSSR count). The van der Waals surface area contributed by atoms with Gasteiger partial charge in [-0.15, -0.1) is 0 Å². The van der Waals surface area contributed by atoms with Crippen LogP contribution in [0.4, 0.5) is 0 Å². The first-order valence-corrected chi connectivity index (χ1v) is 8.43. The molecule has 142 valence electrons. The average Bonchev–Trinajstić information content (AvgIpc) is 3.03. The first kappa shape index (κ1) is 18.6. The minimum absolute atomic E-state index is 0.106. The van der Waals surface area contributed by atoms with E-state index in [1.165, 1.54) is 6.92 Å². The minimum Gasteiger partial charge on any atom is -0.493 e. The summed E-state index contributed by atoms with van der Waals surface area (Å²) in [5, 5.41) is 0. The molecule has 0 bridgehead atoms. The number of ether oxygens (including phenoxy) is 4. The lowest BCUT2D eigenvalue weighted by Gasteiger charge is -2.15. The minimum atomic E-state index is -0.346. The quantitative estimate of drug-likeness (QED) is 0.595. The molecule has 0 radical (unpaired) electrons. The lowest BCUT2D eigenvalue weighted by molar-refractivity contribution is -0.142. The predicted molar refractivity (Wildman–Crippen MR) is 100 cm³/mol. The molecule has 1 aromatic heterocycles. The Balaban J connectivity index is 2.05. The van der Waals surface area contributed by atoms with E-state index >= 15 is 0 Å². The molecule has 0 N–H and O–H groups in total. The van der Waals surface area contributed by atoms with Crippen LogP contribution in [-0.4, -0.2) is 36.8 Å². The second kappa shape index (κ2) is 7.99. The first-order chi connectivity index (χ1) is 13.1. The van der Waals surface area contributed by atoms with Crippen molar-refractivity contribution in [2.45, 2.75) is 20.1 Å². The Hall–Kier alpha value is -3.22. The smallest absolute Gasteiger partial charge is 0.303 e. The number of methoxy groups -OCH3 is 3. The van der Waals surface area contributed by atoms with Gasteiger partial charge in [-0.1, -0.05) is 12.1 Å². The highest BCUT2D eigenvalue weighted by molar-refractivity contribution is 5.76. The van der Waals surface area contributed by atoms with E-state index in [-0.39, 0.29) is 12.6 Å². The lowest BCUT2D eigenvalue weighted by atomic mass is 10.1. The van der Waals surface area contributed by atoms with Gasteiger partial charge in [0, 0.05) is 13.5 Å². The number of rotatable bonds is 7. The molecule has 0 saturated carbocycles. The number of aromatic nitrogens is 2. The average molecular weight is 370 g/mol. The molecule has 1 heterocycles. The van der Waals surface area contributed by atoms with Crippen molar-refractivity contribution in [1.29, 1.82) is 0 Å². The molecule has 7 nitrogen and oxygen atoms in total. The van der Waals surface area contributed by atoms with Gasteiger partial charge < -0.3 is 23.5 Å². The summed E-state index contributed by atoms with van der Waals surface area (Å²) in [5.74, 6) is 2.02. The molecule has 3 aromatic rings. The standard InChI is InChI=1S/C20H22N2O5/c1-13(23)27-12-19-21-15-7-5-6-8-16(15)22(19)11-14-9-17(24-2)20(26-4)18(10-14)25-3/h5-10H,11-12H2,1-4H3. The Morgan fingerprint density at radius 1 is 1.04 bits per heavy atom. The van der Waals surface area contributed by atoms with Gasteiger partial charge in [-0.25, -0.2) is 4.98 Å². The van der Waals surface area contributed by atoms with E-state index in [1.807, 2.05) is 41.0 Å². The van der Waals surface area contributed by atoms with Gasteiger partial charge in [-0.2, -0.15) is 0 Å². The summed E-state index contributed by atoms with van der Waals surface area (Å²) in [5.41, 5.74) is 2.73. The first-order valence-electron chi connectivity index (χ1n) is 8.43. The van der Waals surface area contributed by atoms with Crippen LogP contribution in [0.1, 0.15) is 18.3 Å². The number of imidazole rings is 1. The number of carbonyl (C=O) groups is 1. The molecular weight excluding hydrogens is 348 g/mol. The molecule has 7 heteroatoms. The second-order valence-electron chi connectivity index (χ2n) is 5.92. The van der Waals surface area contributed by atoms with Crippen LogP contribution >= 0.6 is 0 Å². The maximum absolute atomic E-state index is 11.2. The number of para-hydroxylation sites is 2. The van der Waals surface area contributed by atoms with Crippen molar-refractivity contribution >= 4 is 17.0 Å². The predicted octanol–water partition coefficient (Wildman–Crippen LogP) is 3.17. The molecule has 0 amide bonds. The third-order valence-electron chi connectivity index (χ3n) is 4.20. The van der Waals surface area contributed by atoms with Crippen LogP contribution in [-0.2, 0) is 22.7 Å². The molecule has 2 aromatic carbocycles. The van der Waals surface area contributed by atoms with Gasteiger partial charge in [0.25, 0.3) is 0 Å². The summed E-state index contributed by atoms with van der Waals surface area (Å²) in [6, 6.07) is 11.6. The molecule has 0 aliphatic carbocycles. The zero-order valence-electron chi connectivity index (χ0n) is 15.8. The van der Waals surface area contributed by atoms with Gasteiger partial charge >= 0.3 is 5.97 Å². The third-order valence-corrected chi connectivity index (χ3v) is 4.20. The number of hydrogen-bond acceptors (Lipinski definition) is 6. The highest BCUT2D eigenvalue weighted by Gasteiger charge is 2.16. The Kier molecular flexibility index (Phi) is 5.49. The molecule has 0 aliphatic rings. The molecule has 0 fully saturated rings. The second-order valence-corrected chi connectivity index (χ2v) is 5.92. The van der Waals surface area contributed by atoms with Crippen molar-refractivity contribution < 1.29 is 23.7 Å². The van der Waals surface area contributed by atoms with Crippen LogP contribution in [0.5, 0.6) is 17.2 Å². The fourth-order valence-electron chi connectivity index (χ4n) is 2.99. The molecule has 27 heavy (non-hydrogen) atoms. The van der Waals surface area contributed by atoms with E-state index < -0.39 is 0 Å². The maximum atomic E-state index is 11.2. The van der Waals surface area contributed by atoms with Crippen molar-refractivity contribution in [3.8, 4) is 17.2 Å². The number of carbonyl (C=O) groups excluding carboxylic acids is 1. The Labute approximate surface area is 157 Å². The molecule has 0 saturated heterocycles. The Morgan fingerprint density at radius 2 is 1.70 bits per heavy atom. The molecule has 0 spiro atoms. The fraction of sp³-hybridized carbons (Fsp3) is 0.300. The van der Waals surface area contributed by atoms with Crippen molar-refractivity contribution in [3.63, 3.8) is 0 Å². The van der Waals surface area contributed by atoms with Gasteiger partial charge in [0.2, 0.25) is 5.75 Å². The normalized spacial score (nSPS) is 10.7. The van der Waals surface area contributed by atoms with E-state index in [1.54, 1.807) is 21.3 Å². The highest BCUT2D eigenvalue weighted by Crippen LogP contribution is 2.38. The summed E-state index contributed by atoms with van der Waals surface area (Å²) in [6.45, 7) is 1.99. The van der Waals surface area contributed by atoms with E-state index in [0.717, 1.165) is 16.6 Å². The van der Waals surface area contributed by atoms with Gasteiger partial charge in [0.1, 0.15) is 12.4 Å². The van der Waals surface area contributed by atoms with Crippen molar-refractivity contribution in [1.82, 2.24) is 9.55 Å². The van der Waals surface area contributed by atoms with Gasteiger partial charge in [-0.05, 0) is 29.8 Å². The summed E-state index contributed by atoms with van der Waals surface area (Å²) in [4.78, 5) is 15.8. The van der Waals surface area contributed by atoms with E-state index in [0.29, 0.717) is 29.6 Å². The number of hydrogen-bond donors (Lipinski definition) is 0. The van der Waals surface area contributed by atoms with E-state index in [9.17, 15) is 4.79 Å². The fourth-order valence-corrected chi connectivity index (χ4v) is 2.99. The van der Waals surface area contributed by atoms with Gasteiger partial charge in [-0.3, -0.25) is 4.79 Å². The molecule has 0 atom stereocenters. The summed E-state index contributed by atoms with van der Waals surface area (Å²) >= 11 is 0. The van der Waals surface area contributed by atoms with Crippen LogP contribution < -0.4 is 14.2 Å².